The van der Waals surface area contributed by atoms with E-state index in [4.69, 9.17) is 0 Å². The maximum Gasteiger partial charge on any atom is 0.191 e. The maximum atomic E-state index is 15.0. The minimum Gasteiger partial charge on any atom is -0.352 e. The Morgan fingerprint density at radius 1 is 0.840 bits per heavy atom. The quantitative estimate of drug-likeness (QED) is 0.732. The highest BCUT2D eigenvalue weighted by molar-refractivity contribution is 5.63. The molecule has 0 unspecified atom stereocenters. The fraction of sp³-hybridized carbons (Fsp3) is 0.222. The number of anilines is 2. The molecule has 7 heteroatoms. The third-order valence-electron chi connectivity index (χ3n) is 4.27. The Bertz CT molecular complexity index is 835. The van der Waals surface area contributed by atoms with Gasteiger partial charge in [0.15, 0.2) is 11.6 Å². The average Bonchev–Trinajstić information content (AvgIpc) is 2.70. The SMILES string of the molecule is Fc1c(-c2ccccc2)ncnc1N1CCN(c2cnccn2)CC1. The summed E-state index contributed by atoms with van der Waals surface area (Å²) in [6, 6.07) is 9.34. The van der Waals surface area contributed by atoms with Crippen LogP contribution in [-0.4, -0.2) is 46.1 Å². The summed E-state index contributed by atoms with van der Waals surface area (Å²) in [6.07, 6.45) is 6.50. The van der Waals surface area contributed by atoms with Gasteiger partial charge < -0.3 is 9.80 Å². The molecule has 1 aliphatic rings. The van der Waals surface area contributed by atoms with E-state index in [0.717, 1.165) is 24.5 Å². The molecule has 0 spiro atoms. The molecule has 3 aromatic rings. The van der Waals surface area contributed by atoms with Crippen LogP contribution < -0.4 is 9.80 Å². The minimum absolute atomic E-state index is 0.335. The van der Waals surface area contributed by atoms with Crippen molar-refractivity contribution in [1.29, 1.82) is 0 Å². The van der Waals surface area contributed by atoms with Gasteiger partial charge in [0, 0.05) is 44.1 Å². The Balaban J connectivity index is 1.54. The number of benzene rings is 1. The summed E-state index contributed by atoms with van der Waals surface area (Å²) in [6.45, 7) is 2.81. The van der Waals surface area contributed by atoms with Crippen LogP contribution in [0.1, 0.15) is 0 Å². The largest absolute Gasteiger partial charge is 0.352 e. The number of halogens is 1. The molecule has 0 bridgehead atoms. The summed E-state index contributed by atoms with van der Waals surface area (Å²) in [5.74, 6) is 0.824. The zero-order valence-electron chi connectivity index (χ0n) is 13.6. The fourth-order valence-electron chi connectivity index (χ4n) is 2.98. The van der Waals surface area contributed by atoms with E-state index in [1.165, 1.54) is 6.33 Å². The smallest absolute Gasteiger partial charge is 0.191 e. The molecule has 0 saturated carbocycles. The van der Waals surface area contributed by atoms with Crippen molar-refractivity contribution in [2.75, 3.05) is 36.0 Å². The van der Waals surface area contributed by atoms with Gasteiger partial charge in [-0.15, -0.1) is 0 Å². The lowest BCUT2D eigenvalue weighted by atomic mass is 10.1. The van der Waals surface area contributed by atoms with Crippen LogP contribution in [0, 0.1) is 5.82 Å². The Kier molecular flexibility index (Phi) is 4.20. The molecule has 1 fully saturated rings. The summed E-state index contributed by atoms with van der Waals surface area (Å²) in [5.41, 5.74) is 1.09. The van der Waals surface area contributed by atoms with Gasteiger partial charge >= 0.3 is 0 Å². The van der Waals surface area contributed by atoms with Crippen molar-refractivity contribution in [3.8, 4) is 11.3 Å². The molecule has 6 nitrogen and oxygen atoms in total. The molecule has 2 aromatic heterocycles. The number of hydrogen-bond donors (Lipinski definition) is 0. The summed E-state index contributed by atoms with van der Waals surface area (Å²) < 4.78 is 15.0. The number of rotatable bonds is 3. The topological polar surface area (TPSA) is 58.0 Å². The number of aromatic nitrogens is 4. The Morgan fingerprint density at radius 2 is 1.60 bits per heavy atom. The Labute approximate surface area is 145 Å². The van der Waals surface area contributed by atoms with Crippen molar-refractivity contribution < 1.29 is 4.39 Å². The van der Waals surface area contributed by atoms with Gasteiger partial charge in [0.25, 0.3) is 0 Å². The lowest BCUT2D eigenvalue weighted by molar-refractivity contribution is 0.584. The van der Waals surface area contributed by atoms with Gasteiger partial charge in [0.2, 0.25) is 0 Å². The van der Waals surface area contributed by atoms with Gasteiger partial charge in [0.1, 0.15) is 17.8 Å². The Hall–Kier alpha value is -3.09. The third-order valence-corrected chi connectivity index (χ3v) is 4.27. The van der Waals surface area contributed by atoms with E-state index in [1.807, 2.05) is 35.2 Å². The van der Waals surface area contributed by atoms with E-state index < -0.39 is 0 Å². The summed E-state index contributed by atoms with van der Waals surface area (Å²) in [5, 5.41) is 0. The number of nitrogens with zero attached hydrogens (tertiary/aromatic N) is 6. The van der Waals surface area contributed by atoms with Crippen LogP contribution in [0.3, 0.4) is 0 Å². The van der Waals surface area contributed by atoms with Gasteiger partial charge in [-0.3, -0.25) is 4.98 Å². The molecule has 1 aromatic carbocycles. The molecule has 4 rings (SSSR count). The van der Waals surface area contributed by atoms with E-state index in [9.17, 15) is 4.39 Å². The molecule has 0 aliphatic carbocycles. The maximum absolute atomic E-state index is 15.0. The highest BCUT2D eigenvalue weighted by atomic mass is 19.1. The molecule has 0 N–H and O–H groups in total. The van der Waals surface area contributed by atoms with Crippen molar-refractivity contribution in [2.45, 2.75) is 0 Å². The first-order chi connectivity index (χ1) is 12.3. The first kappa shape index (κ1) is 15.4. The predicted molar refractivity (Wildman–Crippen MR) is 93.9 cm³/mol. The van der Waals surface area contributed by atoms with E-state index in [-0.39, 0.29) is 5.82 Å². The second kappa shape index (κ2) is 6.80. The summed E-state index contributed by atoms with van der Waals surface area (Å²) >= 11 is 0. The van der Waals surface area contributed by atoms with Crippen LogP contribution in [-0.2, 0) is 0 Å². The second-order valence-electron chi connectivity index (χ2n) is 5.76. The lowest BCUT2D eigenvalue weighted by Gasteiger charge is -2.35. The summed E-state index contributed by atoms with van der Waals surface area (Å²) in [7, 11) is 0. The Morgan fingerprint density at radius 3 is 2.32 bits per heavy atom. The van der Waals surface area contributed by atoms with Crippen LogP contribution in [0.2, 0.25) is 0 Å². The van der Waals surface area contributed by atoms with Crippen LogP contribution in [0.25, 0.3) is 11.3 Å². The third kappa shape index (κ3) is 3.13. The molecule has 126 valence electrons. The first-order valence-electron chi connectivity index (χ1n) is 8.15. The van der Waals surface area contributed by atoms with E-state index in [2.05, 4.69) is 24.8 Å². The molecule has 1 aliphatic heterocycles. The van der Waals surface area contributed by atoms with Crippen LogP contribution in [0.5, 0.6) is 0 Å². The molecule has 0 amide bonds. The zero-order chi connectivity index (χ0) is 17.1. The zero-order valence-corrected chi connectivity index (χ0v) is 13.6. The molecule has 1 saturated heterocycles. The molecular weight excluding hydrogens is 319 g/mol. The van der Waals surface area contributed by atoms with Crippen molar-refractivity contribution in [3.05, 3.63) is 61.1 Å². The van der Waals surface area contributed by atoms with Gasteiger partial charge in [-0.05, 0) is 0 Å². The van der Waals surface area contributed by atoms with E-state index in [1.54, 1.807) is 18.6 Å². The number of hydrogen-bond acceptors (Lipinski definition) is 6. The highest BCUT2D eigenvalue weighted by Crippen LogP contribution is 2.26. The monoisotopic (exact) mass is 336 g/mol. The van der Waals surface area contributed by atoms with Gasteiger partial charge in [-0.2, -0.15) is 0 Å². The van der Waals surface area contributed by atoms with Crippen molar-refractivity contribution >= 4 is 11.6 Å². The van der Waals surface area contributed by atoms with Gasteiger partial charge in [-0.1, -0.05) is 30.3 Å². The molecule has 0 atom stereocenters. The molecule has 3 heterocycles. The molecular formula is C18H17FN6. The van der Waals surface area contributed by atoms with Crippen molar-refractivity contribution in [1.82, 2.24) is 19.9 Å². The van der Waals surface area contributed by atoms with Gasteiger partial charge in [-0.25, -0.2) is 19.3 Å². The van der Waals surface area contributed by atoms with E-state index in [0.29, 0.717) is 24.6 Å². The van der Waals surface area contributed by atoms with Crippen molar-refractivity contribution in [2.24, 2.45) is 0 Å². The van der Waals surface area contributed by atoms with Crippen LogP contribution in [0.15, 0.2) is 55.2 Å². The van der Waals surface area contributed by atoms with Gasteiger partial charge in [0.05, 0.1) is 6.20 Å². The molecule has 25 heavy (non-hydrogen) atoms. The predicted octanol–water partition coefficient (Wildman–Crippen LogP) is 2.40. The minimum atomic E-state index is -0.373. The second-order valence-corrected chi connectivity index (χ2v) is 5.76. The standard InChI is InChI=1S/C18H17FN6/c19-16-17(14-4-2-1-3-5-14)22-13-23-18(16)25-10-8-24(9-11-25)15-12-20-6-7-21-15/h1-7,12-13H,8-11H2. The number of piperazine rings is 1. The van der Waals surface area contributed by atoms with Crippen molar-refractivity contribution in [3.63, 3.8) is 0 Å². The fourth-order valence-corrected chi connectivity index (χ4v) is 2.98. The molecule has 0 radical (unpaired) electrons. The van der Waals surface area contributed by atoms with Crippen LogP contribution in [0.4, 0.5) is 16.0 Å². The first-order valence-corrected chi connectivity index (χ1v) is 8.15. The lowest BCUT2D eigenvalue weighted by Crippen LogP contribution is -2.47. The van der Waals surface area contributed by atoms with Crippen LogP contribution >= 0.6 is 0 Å². The average molecular weight is 336 g/mol. The summed E-state index contributed by atoms with van der Waals surface area (Å²) in [4.78, 5) is 20.8. The normalized spacial score (nSPS) is 14.6. The highest BCUT2D eigenvalue weighted by Gasteiger charge is 2.23. The van der Waals surface area contributed by atoms with E-state index >= 15 is 0 Å².